The fraction of sp³-hybridized carbons (Fsp3) is 0.0833. The first-order valence-electron chi connectivity index (χ1n) is 5.08. The molecule has 0 unspecified atom stereocenters. The van der Waals surface area contributed by atoms with Gasteiger partial charge < -0.3 is 5.73 Å². The second kappa shape index (κ2) is 4.90. The average molecular weight is 307 g/mol. The standard InChI is InChI=1S/C12H7Cl2F3N2/c13-7-3-1-6(2-4-7)8-5-9(14)10(12(15,16)17)19-11(8)18/h1-5H,(H2,18,19). The summed E-state index contributed by atoms with van der Waals surface area (Å²) < 4.78 is 37.8. The van der Waals surface area contributed by atoms with Crippen molar-refractivity contribution in [2.45, 2.75) is 6.18 Å². The van der Waals surface area contributed by atoms with Gasteiger partial charge in [-0.2, -0.15) is 13.2 Å². The SMILES string of the molecule is Nc1nc(C(F)(F)F)c(Cl)cc1-c1ccc(Cl)cc1. The van der Waals surface area contributed by atoms with Crippen LogP contribution in [0.2, 0.25) is 10.0 Å². The summed E-state index contributed by atoms with van der Waals surface area (Å²) in [5, 5.41) is 0.0138. The van der Waals surface area contributed by atoms with Crippen LogP contribution in [0, 0.1) is 0 Å². The van der Waals surface area contributed by atoms with Crippen LogP contribution in [-0.2, 0) is 6.18 Å². The van der Waals surface area contributed by atoms with Crippen molar-refractivity contribution in [3.05, 3.63) is 46.1 Å². The van der Waals surface area contributed by atoms with E-state index in [9.17, 15) is 13.2 Å². The molecule has 1 aromatic carbocycles. The lowest BCUT2D eigenvalue weighted by molar-refractivity contribution is -0.140. The highest BCUT2D eigenvalue weighted by atomic mass is 35.5. The number of aromatic nitrogens is 1. The van der Waals surface area contributed by atoms with Crippen molar-refractivity contribution in [2.75, 3.05) is 5.73 Å². The van der Waals surface area contributed by atoms with Crippen LogP contribution >= 0.6 is 23.2 Å². The van der Waals surface area contributed by atoms with E-state index in [2.05, 4.69) is 4.98 Å². The second-order valence-electron chi connectivity index (χ2n) is 3.76. The van der Waals surface area contributed by atoms with Crippen LogP contribution in [0.4, 0.5) is 19.0 Å². The van der Waals surface area contributed by atoms with Gasteiger partial charge in [-0.15, -0.1) is 0 Å². The molecule has 7 heteroatoms. The number of anilines is 1. The van der Waals surface area contributed by atoms with E-state index in [1.807, 2.05) is 0 Å². The minimum absolute atomic E-state index is 0.237. The molecule has 2 N–H and O–H groups in total. The van der Waals surface area contributed by atoms with Crippen LogP contribution in [-0.4, -0.2) is 4.98 Å². The lowest BCUT2D eigenvalue weighted by Crippen LogP contribution is -2.11. The molecule has 19 heavy (non-hydrogen) atoms. The molecule has 0 bridgehead atoms. The lowest BCUT2D eigenvalue weighted by Gasteiger charge is -2.12. The maximum Gasteiger partial charge on any atom is 0.434 e. The van der Waals surface area contributed by atoms with E-state index in [0.717, 1.165) is 6.07 Å². The van der Waals surface area contributed by atoms with E-state index in [1.165, 1.54) is 0 Å². The Balaban J connectivity index is 2.55. The van der Waals surface area contributed by atoms with Gasteiger partial charge in [0.2, 0.25) is 0 Å². The highest BCUT2D eigenvalue weighted by Crippen LogP contribution is 2.37. The van der Waals surface area contributed by atoms with Crippen molar-refractivity contribution >= 4 is 29.0 Å². The number of benzene rings is 1. The highest BCUT2D eigenvalue weighted by Gasteiger charge is 2.36. The van der Waals surface area contributed by atoms with Gasteiger partial charge in [-0.3, -0.25) is 0 Å². The summed E-state index contributed by atoms with van der Waals surface area (Å²) >= 11 is 11.3. The summed E-state index contributed by atoms with van der Waals surface area (Å²) in [7, 11) is 0. The number of pyridine rings is 1. The molecular weight excluding hydrogens is 300 g/mol. The summed E-state index contributed by atoms with van der Waals surface area (Å²) in [5.74, 6) is -0.237. The maximum atomic E-state index is 12.6. The molecule has 0 amide bonds. The van der Waals surface area contributed by atoms with Gasteiger partial charge in [0.05, 0.1) is 5.02 Å². The summed E-state index contributed by atoms with van der Waals surface area (Å²) in [5.41, 5.74) is 5.28. The highest BCUT2D eigenvalue weighted by molar-refractivity contribution is 6.31. The molecule has 100 valence electrons. The third-order valence-corrected chi connectivity index (χ3v) is 2.97. The molecule has 0 spiro atoms. The van der Waals surface area contributed by atoms with E-state index < -0.39 is 16.9 Å². The van der Waals surface area contributed by atoms with E-state index in [0.29, 0.717) is 16.1 Å². The van der Waals surface area contributed by atoms with Crippen molar-refractivity contribution in [1.29, 1.82) is 0 Å². The molecule has 0 fully saturated rings. The van der Waals surface area contributed by atoms with E-state index in [1.54, 1.807) is 24.3 Å². The van der Waals surface area contributed by atoms with Gasteiger partial charge in [0.15, 0.2) is 5.69 Å². The fourth-order valence-electron chi connectivity index (χ4n) is 1.56. The molecule has 2 nitrogen and oxygen atoms in total. The smallest absolute Gasteiger partial charge is 0.383 e. The summed E-state index contributed by atoms with van der Waals surface area (Å²) in [6.45, 7) is 0. The minimum atomic E-state index is -4.64. The molecule has 0 atom stereocenters. The Morgan fingerprint density at radius 3 is 2.16 bits per heavy atom. The van der Waals surface area contributed by atoms with E-state index in [-0.39, 0.29) is 5.82 Å². The Bertz CT molecular complexity index is 610. The zero-order chi connectivity index (χ0) is 14.2. The first kappa shape index (κ1) is 14.0. The predicted molar refractivity (Wildman–Crippen MR) is 69.1 cm³/mol. The molecule has 0 aliphatic heterocycles. The Labute approximate surface area is 117 Å². The topological polar surface area (TPSA) is 38.9 Å². The Hall–Kier alpha value is -1.46. The number of nitrogens with two attached hydrogens (primary N) is 1. The molecule has 2 aromatic rings. The number of hydrogen-bond donors (Lipinski definition) is 1. The molecule has 2 rings (SSSR count). The molecule has 0 aliphatic carbocycles. The van der Waals surface area contributed by atoms with Gasteiger partial charge >= 0.3 is 6.18 Å². The van der Waals surface area contributed by atoms with Crippen LogP contribution in [0.5, 0.6) is 0 Å². The predicted octanol–water partition coefficient (Wildman–Crippen LogP) is 4.66. The van der Waals surface area contributed by atoms with Crippen LogP contribution in [0.15, 0.2) is 30.3 Å². The fourth-order valence-corrected chi connectivity index (χ4v) is 1.95. The second-order valence-corrected chi connectivity index (χ2v) is 4.60. The van der Waals surface area contributed by atoms with Crippen LogP contribution in [0.25, 0.3) is 11.1 Å². The summed E-state index contributed by atoms with van der Waals surface area (Å²) in [6.07, 6.45) is -4.64. The van der Waals surface area contributed by atoms with Crippen LogP contribution in [0.3, 0.4) is 0 Å². The Morgan fingerprint density at radius 1 is 1.05 bits per heavy atom. The van der Waals surface area contributed by atoms with Crippen molar-refractivity contribution in [2.24, 2.45) is 0 Å². The zero-order valence-electron chi connectivity index (χ0n) is 9.30. The number of alkyl halides is 3. The first-order chi connectivity index (χ1) is 8.79. The molecule has 0 aliphatic rings. The lowest BCUT2D eigenvalue weighted by atomic mass is 10.1. The summed E-state index contributed by atoms with van der Waals surface area (Å²) in [6, 6.07) is 7.60. The number of nitrogen functional groups attached to an aromatic ring is 1. The number of halogens is 5. The number of rotatable bonds is 1. The molecule has 0 saturated heterocycles. The van der Waals surface area contributed by atoms with Gasteiger partial charge in [0, 0.05) is 10.6 Å². The Kier molecular flexibility index (Phi) is 3.60. The molecule has 0 radical (unpaired) electrons. The normalized spacial score (nSPS) is 11.6. The minimum Gasteiger partial charge on any atom is -0.383 e. The average Bonchev–Trinajstić information content (AvgIpc) is 2.31. The van der Waals surface area contributed by atoms with Crippen LogP contribution < -0.4 is 5.73 Å². The monoisotopic (exact) mass is 306 g/mol. The van der Waals surface area contributed by atoms with Gasteiger partial charge in [-0.05, 0) is 23.8 Å². The molecular formula is C12H7Cl2F3N2. The van der Waals surface area contributed by atoms with Crippen molar-refractivity contribution in [1.82, 2.24) is 4.98 Å². The third kappa shape index (κ3) is 2.93. The third-order valence-electron chi connectivity index (χ3n) is 2.43. The first-order valence-corrected chi connectivity index (χ1v) is 5.84. The van der Waals surface area contributed by atoms with Gasteiger partial charge in [-0.1, -0.05) is 35.3 Å². The van der Waals surface area contributed by atoms with E-state index >= 15 is 0 Å². The van der Waals surface area contributed by atoms with E-state index in [4.69, 9.17) is 28.9 Å². The molecule has 1 aromatic heterocycles. The van der Waals surface area contributed by atoms with Gasteiger partial charge in [-0.25, -0.2) is 4.98 Å². The van der Waals surface area contributed by atoms with Crippen molar-refractivity contribution in [3.8, 4) is 11.1 Å². The van der Waals surface area contributed by atoms with Crippen LogP contribution in [0.1, 0.15) is 5.69 Å². The van der Waals surface area contributed by atoms with Gasteiger partial charge in [0.25, 0.3) is 0 Å². The largest absolute Gasteiger partial charge is 0.434 e. The van der Waals surface area contributed by atoms with Crippen molar-refractivity contribution < 1.29 is 13.2 Å². The maximum absolute atomic E-state index is 12.6. The molecule has 0 saturated carbocycles. The Morgan fingerprint density at radius 2 is 1.63 bits per heavy atom. The number of nitrogens with zero attached hydrogens (tertiary/aromatic N) is 1. The zero-order valence-corrected chi connectivity index (χ0v) is 10.8. The van der Waals surface area contributed by atoms with Gasteiger partial charge in [0.1, 0.15) is 5.82 Å². The summed E-state index contributed by atoms with van der Waals surface area (Å²) in [4.78, 5) is 3.33. The van der Waals surface area contributed by atoms with Crippen molar-refractivity contribution in [3.63, 3.8) is 0 Å². The number of hydrogen-bond acceptors (Lipinski definition) is 2. The molecule has 1 heterocycles. The quantitative estimate of drug-likeness (QED) is 0.832.